The lowest BCUT2D eigenvalue weighted by Gasteiger charge is -2.15. The molecule has 0 spiro atoms. The van der Waals surface area contributed by atoms with Crippen molar-refractivity contribution in [2.75, 3.05) is 38.8 Å². The van der Waals surface area contributed by atoms with Crippen molar-refractivity contribution in [1.82, 2.24) is 10.6 Å². The molecule has 5 heteroatoms. The van der Waals surface area contributed by atoms with Gasteiger partial charge >= 0.3 is 0 Å². The molecular formula is C18H31N3OS. The van der Waals surface area contributed by atoms with E-state index in [1.54, 1.807) is 7.11 Å². The molecule has 4 nitrogen and oxygen atoms in total. The first kappa shape index (κ1) is 19.7. The summed E-state index contributed by atoms with van der Waals surface area (Å²) in [6.45, 7) is 7.04. The highest BCUT2D eigenvalue weighted by atomic mass is 32.2. The van der Waals surface area contributed by atoms with Crippen LogP contribution in [0.2, 0.25) is 0 Å². The van der Waals surface area contributed by atoms with Gasteiger partial charge in [0, 0.05) is 19.6 Å². The van der Waals surface area contributed by atoms with Gasteiger partial charge < -0.3 is 15.4 Å². The standard InChI is InChI=1S/C18H31N3OS/c1-5-19-18(20-12-6-14-23-4)21-13-11-15(2)16-7-9-17(22-3)10-8-16/h7-10,15H,5-6,11-14H2,1-4H3,(H2,19,20,21). The van der Waals surface area contributed by atoms with Crippen molar-refractivity contribution < 1.29 is 4.74 Å². The van der Waals surface area contributed by atoms with Gasteiger partial charge in [-0.25, -0.2) is 0 Å². The van der Waals surface area contributed by atoms with Gasteiger partial charge in [0.1, 0.15) is 5.75 Å². The van der Waals surface area contributed by atoms with Crippen LogP contribution in [0, 0.1) is 0 Å². The third-order valence-corrected chi connectivity index (χ3v) is 4.37. The molecule has 0 aliphatic carbocycles. The number of guanidine groups is 1. The monoisotopic (exact) mass is 337 g/mol. The van der Waals surface area contributed by atoms with E-state index in [1.165, 1.54) is 5.56 Å². The van der Waals surface area contributed by atoms with Crippen molar-refractivity contribution in [3.8, 4) is 5.75 Å². The molecule has 0 saturated heterocycles. The van der Waals surface area contributed by atoms with Gasteiger partial charge in [0.25, 0.3) is 0 Å². The van der Waals surface area contributed by atoms with Gasteiger partial charge in [-0.15, -0.1) is 0 Å². The van der Waals surface area contributed by atoms with E-state index in [-0.39, 0.29) is 0 Å². The van der Waals surface area contributed by atoms with E-state index in [2.05, 4.69) is 47.9 Å². The fraction of sp³-hybridized carbons (Fsp3) is 0.611. The molecule has 1 aromatic carbocycles. The molecule has 0 aliphatic heterocycles. The number of aliphatic imine (C=N–C) groups is 1. The van der Waals surface area contributed by atoms with Crippen molar-refractivity contribution in [3.63, 3.8) is 0 Å². The molecule has 0 amide bonds. The lowest BCUT2D eigenvalue weighted by atomic mass is 9.98. The summed E-state index contributed by atoms with van der Waals surface area (Å²) >= 11 is 1.87. The summed E-state index contributed by atoms with van der Waals surface area (Å²) in [4.78, 5) is 4.61. The average Bonchev–Trinajstić information content (AvgIpc) is 2.58. The van der Waals surface area contributed by atoms with Crippen LogP contribution in [-0.4, -0.2) is 44.7 Å². The van der Waals surface area contributed by atoms with Crippen LogP contribution in [0.1, 0.15) is 38.2 Å². The van der Waals surface area contributed by atoms with Crippen molar-refractivity contribution in [2.45, 2.75) is 32.6 Å². The molecule has 0 fully saturated rings. The molecule has 1 atom stereocenters. The zero-order valence-electron chi connectivity index (χ0n) is 14.9. The number of hydrogen-bond donors (Lipinski definition) is 2. The van der Waals surface area contributed by atoms with Gasteiger partial charge in [0.2, 0.25) is 0 Å². The summed E-state index contributed by atoms with van der Waals surface area (Å²) in [7, 11) is 1.70. The number of benzene rings is 1. The van der Waals surface area contributed by atoms with Crippen LogP contribution in [0.25, 0.3) is 0 Å². The van der Waals surface area contributed by atoms with E-state index in [1.807, 2.05) is 23.9 Å². The number of rotatable bonds is 10. The number of thioether (sulfide) groups is 1. The molecule has 130 valence electrons. The van der Waals surface area contributed by atoms with Crippen LogP contribution in [-0.2, 0) is 0 Å². The number of hydrogen-bond acceptors (Lipinski definition) is 3. The topological polar surface area (TPSA) is 45.7 Å². The van der Waals surface area contributed by atoms with Crippen molar-refractivity contribution in [1.29, 1.82) is 0 Å². The van der Waals surface area contributed by atoms with Gasteiger partial charge in [0.05, 0.1) is 7.11 Å². The zero-order chi connectivity index (χ0) is 16.9. The fourth-order valence-electron chi connectivity index (χ4n) is 2.25. The molecule has 0 bridgehead atoms. The van der Waals surface area contributed by atoms with Crippen molar-refractivity contribution in [3.05, 3.63) is 29.8 Å². The van der Waals surface area contributed by atoms with Crippen LogP contribution in [0.3, 0.4) is 0 Å². The predicted molar refractivity (Wildman–Crippen MR) is 103 cm³/mol. The molecule has 1 rings (SSSR count). The largest absolute Gasteiger partial charge is 0.497 e. The summed E-state index contributed by atoms with van der Waals surface area (Å²) in [5.41, 5.74) is 1.34. The number of ether oxygens (including phenoxy) is 1. The summed E-state index contributed by atoms with van der Waals surface area (Å²) in [5.74, 6) is 3.51. The minimum absolute atomic E-state index is 0.507. The van der Waals surface area contributed by atoms with E-state index in [4.69, 9.17) is 4.74 Å². The predicted octanol–water partition coefficient (Wildman–Crippen LogP) is 3.50. The Labute approximate surface area is 145 Å². The third kappa shape index (κ3) is 8.16. The van der Waals surface area contributed by atoms with E-state index in [9.17, 15) is 0 Å². The SMILES string of the molecule is CCNC(=NCCCSC)NCCC(C)c1ccc(OC)cc1. The number of nitrogens with one attached hydrogen (secondary N) is 2. The maximum absolute atomic E-state index is 5.21. The van der Waals surface area contributed by atoms with Crippen LogP contribution in [0.5, 0.6) is 5.75 Å². The van der Waals surface area contributed by atoms with Crippen LogP contribution in [0.4, 0.5) is 0 Å². The van der Waals surface area contributed by atoms with Gasteiger partial charge in [-0.1, -0.05) is 19.1 Å². The quantitative estimate of drug-likeness (QED) is 0.390. The van der Waals surface area contributed by atoms with E-state index in [0.29, 0.717) is 5.92 Å². The molecule has 0 heterocycles. The molecule has 23 heavy (non-hydrogen) atoms. The Morgan fingerprint density at radius 3 is 2.61 bits per heavy atom. The molecule has 0 radical (unpaired) electrons. The van der Waals surface area contributed by atoms with Crippen LogP contribution in [0.15, 0.2) is 29.3 Å². The zero-order valence-corrected chi connectivity index (χ0v) is 15.7. The highest BCUT2D eigenvalue weighted by molar-refractivity contribution is 7.98. The molecule has 0 aromatic heterocycles. The smallest absolute Gasteiger partial charge is 0.191 e. The first-order valence-corrected chi connectivity index (χ1v) is 9.75. The van der Waals surface area contributed by atoms with Crippen molar-refractivity contribution in [2.24, 2.45) is 4.99 Å². The summed E-state index contributed by atoms with van der Waals surface area (Å²) in [6, 6.07) is 8.34. The molecule has 2 N–H and O–H groups in total. The average molecular weight is 338 g/mol. The second-order valence-corrected chi connectivity index (χ2v) is 6.48. The molecule has 0 aliphatic rings. The summed E-state index contributed by atoms with van der Waals surface area (Å²) in [5, 5.41) is 6.73. The molecular weight excluding hydrogens is 306 g/mol. The Bertz CT molecular complexity index is 448. The van der Waals surface area contributed by atoms with E-state index in [0.717, 1.165) is 49.9 Å². The normalized spacial score (nSPS) is 12.8. The Morgan fingerprint density at radius 1 is 1.26 bits per heavy atom. The third-order valence-electron chi connectivity index (χ3n) is 3.68. The van der Waals surface area contributed by atoms with Gasteiger partial charge in [-0.05, 0) is 55.4 Å². The maximum Gasteiger partial charge on any atom is 0.191 e. The van der Waals surface area contributed by atoms with E-state index >= 15 is 0 Å². The Balaban J connectivity index is 2.38. The maximum atomic E-state index is 5.21. The van der Waals surface area contributed by atoms with Crippen LogP contribution >= 0.6 is 11.8 Å². The minimum Gasteiger partial charge on any atom is -0.497 e. The lowest BCUT2D eigenvalue weighted by molar-refractivity contribution is 0.414. The fourth-order valence-corrected chi connectivity index (χ4v) is 2.67. The lowest BCUT2D eigenvalue weighted by Crippen LogP contribution is -2.38. The molecule has 1 aromatic rings. The second-order valence-electron chi connectivity index (χ2n) is 5.50. The molecule has 1 unspecified atom stereocenters. The van der Waals surface area contributed by atoms with Crippen LogP contribution < -0.4 is 15.4 Å². The Kier molecular flexibility index (Phi) is 10.4. The van der Waals surface area contributed by atoms with Gasteiger partial charge in [-0.2, -0.15) is 11.8 Å². The van der Waals surface area contributed by atoms with Gasteiger partial charge in [-0.3, -0.25) is 4.99 Å². The second kappa shape index (κ2) is 12.1. The Hall–Kier alpha value is -1.36. The Morgan fingerprint density at radius 2 is 2.00 bits per heavy atom. The molecule has 0 saturated carbocycles. The van der Waals surface area contributed by atoms with Gasteiger partial charge in [0.15, 0.2) is 5.96 Å². The number of methoxy groups -OCH3 is 1. The number of nitrogens with zero attached hydrogens (tertiary/aromatic N) is 1. The highest BCUT2D eigenvalue weighted by Gasteiger charge is 2.06. The highest BCUT2D eigenvalue weighted by Crippen LogP contribution is 2.21. The minimum atomic E-state index is 0.507. The summed E-state index contributed by atoms with van der Waals surface area (Å²) in [6.07, 6.45) is 4.33. The summed E-state index contributed by atoms with van der Waals surface area (Å²) < 4.78 is 5.21. The van der Waals surface area contributed by atoms with E-state index < -0.39 is 0 Å². The first-order valence-electron chi connectivity index (χ1n) is 8.36. The first-order chi connectivity index (χ1) is 11.2. The van der Waals surface area contributed by atoms with Crippen molar-refractivity contribution >= 4 is 17.7 Å².